The summed E-state index contributed by atoms with van der Waals surface area (Å²) in [5.41, 5.74) is 4.07. The van der Waals surface area contributed by atoms with Gasteiger partial charge in [-0.3, -0.25) is 0 Å². The summed E-state index contributed by atoms with van der Waals surface area (Å²) in [6, 6.07) is 4.56. The van der Waals surface area contributed by atoms with E-state index in [0.717, 1.165) is 12.8 Å². The van der Waals surface area contributed by atoms with Gasteiger partial charge >= 0.3 is 0 Å². The molecule has 0 aliphatic carbocycles. The largest absolute Gasteiger partial charge is 0.122 e. The molecule has 0 saturated heterocycles. The van der Waals surface area contributed by atoms with Gasteiger partial charge in [-0.1, -0.05) is 49.7 Å². The Morgan fingerprint density at radius 1 is 1.06 bits per heavy atom. The zero-order chi connectivity index (χ0) is 13.0. The van der Waals surface area contributed by atoms with Crippen molar-refractivity contribution >= 4 is 27.5 Å². The Labute approximate surface area is 119 Å². The maximum absolute atomic E-state index is 6.09. The van der Waals surface area contributed by atoms with Gasteiger partial charge in [-0.2, -0.15) is 0 Å². The molecule has 0 spiro atoms. The van der Waals surface area contributed by atoms with Crippen LogP contribution in [0, 0.1) is 0 Å². The molecule has 1 rings (SSSR count). The SMILES string of the molecule is CCC(C)c1cc(CCl)c(C(C)CC)cc1Br. The van der Waals surface area contributed by atoms with Gasteiger partial charge in [0.25, 0.3) is 0 Å². The van der Waals surface area contributed by atoms with Gasteiger partial charge in [0.1, 0.15) is 0 Å². The van der Waals surface area contributed by atoms with Crippen LogP contribution >= 0.6 is 27.5 Å². The maximum atomic E-state index is 6.09. The van der Waals surface area contributed by atoms with E-state index in [1.165, 1.54) is 21.2 Å². The van der Waals surface area contributed by atoms with Crippen LogP contribution in [0.25, 0.3) is 0 Å². The van der Waals surface area contributed by atoms with E-state index >= 15 is 0 Å². The van der Waals surface area contributed by atoms with E-state index in [-0.39, 0.29) is 0 Å². The number of halogens is 2. The van der Waals surface area contributed by atoms with Gasteiger partial charge in [-0.05, 0) is 47.4 Å². The summed E-state index contributed by atoms with van der Waals surface area (Å²) in [6.45, 7) is 8.97. The van der Waals surface area contributed by atoms with Crippen LogP contribution in [-0.2, 0) is 5.88 Å². The molecule has 2 atom stereocenters. The van der Waals surface area contributed by atoms with Crippen molar-refractivity contribution in [3.63, 3.8) is 0 Å². The summed E-state index contributed by atoms with van der Waals surface area (Å²) >= 11 is 9.80. The van der Waals surface area contributed by atoms with Crippen molar-refractivity contribution in [2.24, 2.45) is 0 Å². The number of alkyl halides is 1. The van der Waals surface area contributed by atoms with E-state index in [0.29, 0.717) is 17.7 Å². The van der Waals surface area contributed by atoms with Crippen LogP contribution in [0.15, 0.2) is 16.6 Å². The van der Waals surface area contributed by atoms with E-state index in [2.05, 4.69) is 55.8 Å². The van der Waals surface area contributed by atoms with E-state index in [1.807, 2.05) is 0 Å². The van der Waals surface area contributed by atoms with Crippen LogP contribution in [0.3, 0.4) is 0 Å². The zero-order valence-corrected chi connectivity index (χ0v) is 13.5. The van der Waals surface area contributed by atoms with Crippen molar-refractivity contribution < 1.29 is 0 Å². The molecule has 96 valence electrons. The fraction of sp³-hybridized carbons (Fsp3) is 0.600. The zero-order valence-electron chi connectivity index (χ0n) is 11.2. The van der Waals surface area contributed by atoms with E-state index in [1.54, 1.807) is 0 Å². The van der Waals surface area contributed by atoms with Crippen molar-refractivity contribution in [2.75, 3.05) is 0 Å². The monoisotopic (exact) mass is 316 g/mol. The number of benzene rings is 1. The van der Waals surface area contributed by atoms with Gasteiger partial charge < -0.3 is 0 Å². The molecule has 0 bridgehead atoms. The van der Waals surface area contributed by atoms with Gasteiger partial charge in [0.2, 0.25) is 0 Å². The normalized spacial score (nSPS) is 14.7. The molecule has 0 fully saturated rings. The average molecular weight is 318 g/mol. The lowest BCUT2D eigenvalue weighted by Gasteiger charge is -2.19. The minimum Gasteiger partial charge on any atom is -0.122 e. The molecule has 0 aliphatic heterocycles. The summed E-state index contributed by atoms with van der Waals surface area (Å²) in [6.07, 6.45) is 2.31. The first kappa shape index (κ1) is 15.0. The molecule has 0 amide bonds. The number of hydrogen-bond donors (Lipinski definition) is 0. The second-order valence-electron chi connectivity index (χ2n) is 4.82. The molecule has 0 heterocycles. The molecule has 0 radical (unpaired) electrons. The molecular weight excluding hydrogens is 296 g/mol. The first-order valence-electron chi connectivity index (χ1n) is 6.43. The number of rotatable bonds is 5. The molecule has 0 aromatic heterocycles. The van der Waals surface area contributed by atoms with Crippen molar-refractivity contribution in [2.45, 2.75) is 58.3 Å². The standard InChI is InChI=1S/C15H22BrCl/c1-5-10(3)13-8-15(16)14(11(4)6-2)7-12(13)9-17/h7-8,10-11H,5-6,9H2,1-4H3. The predicted molar refractivity (Wildman–Crippen MR) is 81.1 cm³/mol. The van der Waals surface area contributed by atoms with Crippen LogP contribution in [0.1, 0.15) is 69.1 Å². The lowest BCUT2D eigenvalue weighted by molar-refractivity contribution is 0.710. The maximum Gasteiger partial charge on any atom is 0.0477 e. The summed E-state index contributed by atoms with van der Waals surface area (Å²) in [5.74, 6) is 1.76. The third-order valence-electron chi connectivity index (χ3n) is 3.69. The Balaban J connectivity index is 3.24. The van der Waals surface area contributed by atoms with Crippen LogP contribution in [0.5, 0.6) is 0 Å². The van der Waals surface area contributed by atoms with Gasteiger partial charge in [0.15, 0.2) is 0 Å². The number of hydrogen-bond acceptors (Lipinski definition) is 0. The third kappa shape index (κ3) is 3.48. The van der Waals surface area contributed by atoms with Crippen molar-refractivity contribution in [3.05, 3.63) is 33.3 Å². The first-order valence-corrected chi connectivity index (χ1v) is 7.75. The van der Waals surface area contributed by atoms with Crippen molar-refractivity contribution in [1.82, 2.24) is 0 Å². The molecule has 0 aliphatic rings. The van der Waals surface area contributed by atoms with E-state index in [4.69, 9.17) is 11.6 Å². The fourth-order valence-corrected chi connectivity index (χ4v) is 3.03. The Hall–Kier alpha value is -0.0100. The van der Waals surface area contributed by atoms with Gasteiger partial charge in [0.05, 0.1) is 0 Å². The van der Waals surface area contributed by atoms with Gasteiger partial charge in [0, 0.05) is 10.4 Å². The lowest BCUT2D eigenvalue weighted by Crippen LogP contribution is -2.02. The van der Waals surface area contributed by atoms with Crippen LogP contribution in [0.4, 0.5) is 0 Å². The van der Waals surface area contributed by atoms with Gasteiger partial charge in [-0.25, -0.2) is 0 Å². The second-order valence-corrected chi connectivity index (χ2v) is 5.95. The highest BCUT2D eigenvalue weighted by Gasteiger charge is 2.15. The smallest absolute Gasteiger partial charge is 0.0477 e. The summed E-state index contributed by atoms with van der Waals surface area (Å²) in [7, 11) is 0. The lowest BCUT2D eigenvalue weighted by atomic mass is 9.89. The van der Waals surface area contributed by atoms with Crippen LogP contribution in [0.2, 0.25) is 0 Å². The van der Waals surface area contributed by atoms with Crippen LogP contribution in [-0.4, -0.2) is 0 Å². The molecule has 2 heteroatoms. The predicted octanol–water partition coefficient (Wildman–Crippen LogP) is 6.21. The highest BCUT2D eigenvalue weighted by molar-refractivity contribution is 9.10. The summed E-state index contributed by atoms with van der Waals surface area (Å²) < 4.78 is 1.23. The van der Waals surface area contributed by atoms with E-state index < -0.39 is 0 Å². The molecule has 1 aromatic rings. The summed E-state index contributed by atoms with van der Waals surface area (Å²) in [4.78, 5) is 0. The first-order chi connectivity index (χ1) is 8.04. The highest BCUT2D eigenvalue weighted by Crippen LogP contribution is 2.34. The Kier molecular flexibility index (Phi) is 6.02. The quantitative estimate of drug-likeness (QED) is 0.566. The van der Waals surface area contributed by atoms with Crippen molar-refractivity contribution in [1.29, 1.82) is 0 Å². The van der Waals surface area contributed by atoms with E-state index in [9.17, 15) is 0 Å². The minimum absolute atomic E-state index is 0.575. The summed E-state index contributed by atoms with van der Waals surface area (Å²) in [5, 5.41) is 0. The van der Waals surface area contributed by atoms with Crippen LogP contribution < -0.4 is 0 Å². The molecule has 0 nitrogen and oxygen atoms in total. The van der Waals surface area contributed by atoms with Crippen molar-refractivity contribution in [3.8, 4) is 0 Å². The average Bonchev–Trinajstić information content (AvgIpc) is 2.36. The Bertz CT molecular complexity index is 373. The molecule has 2 unspecified atom stereocenters. The highest BCUT2D eigenvalue weighted by atomic mass is 79.9. The minimum atomic E-state index is 0.575. The fourth-order valence-electron chi connectivity index (χ4n) is 2.04. The molecule has 1 aromatic carbocycles. The molecular formula is C15H22BrCl. The topological polar surface area (TPSA) is 0 Å². The third-order valence-corrected chi connectivity index (χ3v) is 4.66. The molecule has 0 saturated carbocycles. The molecule has 17 heavy (non-hydrogen) atoms. The Morgan fingerprint density at radius 2 is 1.59 bits per heavy atom. The molecule has 0 N–H and O–H groups in total. The second kappa shape index (κ2) is 6.80. The Morgan fingerprint density at radius 3 is 2.06 bits per heavy atom. The van der Waals surface area contributed by atoms with Gasteiger partial charge in [-0.15, -0.1) is 11.6 Å².